The Hall–Kier alpha value is -1.95. The van der Waals surface area contributed by atoms with Gasteiger partial charge in [-0.05, 0) is 18.7 Å². The second-order valence-electron chi connectivity index (χ2n) is 8.66. The van der Waals surface area contributed by atoms with E-state index in [-0.39, 0.29) is 26.4 Å². The van der Waals surface area contributed by atoms with E-state index in [9.17, 15) is 14.6 Å². The van der Waals surface area contributed by atoms with E-state index in [4.69, 9.17) is 34.6 Å². The predicted octanol–water partition coefficient (Wildman–Crippen LogP) is 1.44. The molecule has 4 aromatic rings. The highest BCUT2D eigenvalue weighted by Crippen LogP contribution is 2.57. The first kappa shape index (κ1) is 27.2. The Kier molecular flexibility index (Phi) is 7.31. The molecule has 6 heterocycles. The molecular formula is C19H22N8O8P2S2. The Morgan fingerprint density at radius 2 is 1.97 bits per heavy atom. The zero-order valence-corrected chi connectivity index (χ0v) is 23.6. The van der Waals surface area contributed by atoms with Gasteiger partial charge in [0.1, 0.15) is 54.4 Å². The van der Waals surface area contributed by atoms with E-state index >= 15 is 0 Å². The lowest BCUT2D eigenvalue weighted by molar-refractivity contribution is -0.0476. The van der Waals surface area contributed by atoms with Crippen molar-refractivity contribution in [3.05, 3.63) is 36.7 Å². The summed E-state index contributed by atoms with van der Waals surface area (Å²) in [6, 6.07) is 0. The van der Waals surface area contributed by atoms with Crippen LogP contribution in [0.15, 0.2) is 25.2 Å². The first-order chi connectivity index (χ1) is 18.6. The van der Waals surface area contributed by atoms with Gasteiger partial charge in [-0.2, -0.15) is 0 Å². The number of ether oxygens (including phenoxy) is 1. The minimum absolute atomic E-state index is 0.0648. The standard InChI is InChI=1S/C19H22N8O8P2S2/c1-10-14-18(23-8-21-10)27(9-24-14)19-16-15(28)12(34-19)5-32-36(29,38)31-3-2-26-13(6-33-37(30,39)35-16)25-11-4-20-7-22-17(11)26/h4,7-9,12,15-16,19,28H,2-3,5-6H2,1H3,(H,29,38)(H,30,39)/t12-,15-,16-,19-,36?,37?/m1/s1. The van der Waals surface area contributed by atoms with Crippen LogP contribution in [0.1, 0.15) is 17.7 Å². The Balaban J connectivity index is 1.37. The number of hydrogen-bond acceptors (Lipinski definition) is 14. The summed E-state index contributed by atoms with van der Waals surface area (Å²) in [5, 5.41) is 11.1. The fraction of sp³-hybridized carbons (Fsp3) is 0.474. The Morgan fingerprint density at radius 3 is 2.82 bits per heavy atom. The number of nitrogens with zero attached hydrogens (tertiary/aromatic N) is 8. The highest BCUT2D eigenvalue weighted by atomic mass is 32.7. The van der Waals surface area contributed by atoms with Crippen LogP contribution in [0.5, 0.6) is 0 Å². The first-order valence-corrected chi connectivity index (χ1v) is 16.8. The molecule has 4 aromatic heterocycles. The summed E-state index contributed by atoms with van der Waals surface area (Å²) >= 11 is 9.30. The molecule has 1 saturated heterocycles. The third kappa shape index (κ3) is 5.39. The summed E-state index contributed by atoms with van der Waals surface area (Å²) in [7, 11) is 0. The Morgan fingerprint density at radius 1 is 1.15 bits per heavy atom. The van der Waals surface area contributed by atoms with Gasteiger partial charge in [0.05, 0.1) is 31.4 Å². The van der Waals surface area contributed by atoms with Crippen LogP contribution in [0.25, 0.3) is 22.3 Å². The van der Waals surface area contributed by atoms with Gasteiger partial charge in [-0.25, -0.2) is 34.5 Å². The fourth-order valence-corrected chi connectivity index (χ4v) is 6.90. The molecule has 2 N–H and O–H groups in total. The summed E-state index contributed by atoms with van der Waals surface area (Å²) < 4.78 is 44.9. The van der Waals surface area contributed by atoms with E-state index in [1.807, 2.05) is 0 Å². The van der Waals surface area contributed by atoms with Gasteiger partial charge in [0.2, 0.25) is 0 Å². The average molecular weight is 617 g/mol. The molecule has 2 aliphatic rings. The highest BCUT2D eigenvalue weighted by molar-refractivity contribution is 8.44. The number of thiol groups is 1. The lowest BCUT2D eigenvalue weighted by Crippen LogP contribution is -2.35. The molecule has 208 valence electrons. The van der Waals surface area contributed by atoms with Crippen molar-refractivity contribution >= 4 is 59.9 Å². The van der Waals surface area contributed by atoms with Crippen LogP contribution in [0, 0.1) is 6.92 Å². The minimum atomic E-state index is -4.13. The molecule has 2 bridgehead atoms. The van der Waals surface area contributed by atoms with E-state index < -0.39 is 38.1 Å². The minimum Gasteiger partial charge on any atom is -0.387 e. The van der Waals surface area contributed by atoms with Gasteiger partial charge in [0.15, 0.2) is 17.5 Å². The largest absolute Gasteiger partial charge is 0.387 e. The number of aromatic nitrogens is 8. The van der Waals surface area contributed by atoms with E-state index in [2.05, 4.69) is 42.2 Å². The molecule has 16 nitrogen and oxygen atoms in total. The van der Waals surface area contributed by atoms with Gasteiger partial charge in [0, 0.05) is 6.54 Å². The molecule has 0 aromatic carbocycles. The Bertz CT molecular complexity index is 1640. The molecule has 0 spiro atoms. The molecule has 6 atom stereocenters. The van der Waals surface area contributed by atoms with Crippen LogP contribution in [0.4, 0.5) is 0 Å². The Labute approximate surface area is 230 Å². The maximum absolute atomic E-state index is 13.4. The highest BCUT2D eigenvalue weighted by Gasteiger charge is 2.49. The number of imidazole rings is 2. The SMILES string of the molecule is Cc1ncnc2c1ncn2[C@@H]1O[C@@H]2COP(O)(=S)OCCn3c(nc4cncnc43)COP(=O)(S)O[C@@H]1[C@@H]2O. The van der Waals surface area contributed by atoms with Gasteiger partial charge in [-0.15, -0.1) is 0 Å². The fourth-order valence-electron chi connectivity index (χ4n) is 4.39. The van der Waals surface area contributed by atoms with Gasteiger partial charge in [0.25, 0.3) is 0 Å². The van der Waals surface area contributed by atoms with Crippen LogP contribution in [0.2, 0.25) is 0 Å². The lowest BCUT2D eigenvalue weighted by atomic mass is 10.1. The van der Waals surface area contributed by atoms with Crippen molar-refractivity contribution in [2.45, 2.75) is 44.6 Å². The van der Waals surface area contributed by atoms with Crippen molar-refractivity contribution in [3.8, 4) is 0 Å². The first-order valence-electron chi connectivity index (χ1n) is 11.5. The van der Waals surface area contributed by atoms with Gasteiger partial charge in [-0.3, -0.25) is 13.6 Å². The number of rotatable bonds is 1. The maximum atomic E-state index is 13.4. The third-order valence-corrected chi connectivity index (χ3v) is 9.41. The van der Waals surface area contributed by atoms with Crippen molar-refractivity contribution in [3.63, 3.8) is 0 Å². The number of aliphatic hydroxyl groups excluding tert-OH is 1. The van der Waals surface area contributed by atoms with E-state index in [0.29, 0.717) is 33.8 Å². The van der Waals surface area contributed by atoms with Crippen molar-refractivity contribution in [2.24, 2.45) is 0 Å². The summed E-state index contributed by atoms with van der Waals surface area (Å²) in [4.78, 5) is 36.0. The van der Waals surface area contributed by atoms with Gasteiger partial charge in [-0.1, -0.05) is 12.2 Å². The number of aliphatic hydroxyl groups is 1. The van der Waals surface area contributed by atoms with Crippen molar-refractivity contribution < 1.29 is 37.4 Å². The quantitative estimate of drug-likeness (QED) is 0.205. The summed E-state index contributed by atoms with van der Waals surface area (Å²) in [6.07, 6.45) is 0.838. The van der Waals surface area contributed by atoms with Crippen molar-refractivity contribution in [1.29, 1.82) is 0 Å². The second-order valence-corrected chi connectivity index (χ2v) is 14.4. The number of hydrogen-bond donors (Lipinski definition) is 3. The molecule has 0 aliphatic carbocycles. The zero-order chi connectivity index (χ0) is 27.4. The lowest BCUT2D eigenvalue weighted by Gasteiger charge is -2.24. The van der Waals surface area contributed by atoms with Crippen LogP contribution < -0.4 is 0 Å². The monoisotopic (exact) mass is 616 g/mol. The molecule has 1 fully saturated rings. The summed E-state index contributed by atoms with van der Waals surface area (Å²) in [6.45, 7) is -6.65. The maximum Gasteiger partial charge on any atom is 0.387 e. The zero-order valence-electron chi connectivity index (χ0n) is 20.1. The molecular weight excluding hydrogens is 594 g/mol. The molecule has 20 heteroatoms. The molecule has 0 amide bonds. The number of fused-ring (bicyclic) bond motifs is 6. The van der Waals surface area contributed by atoms with Gasteiger partial charge < -0.3 is 28.4 Å². The normalized spacial score (nSPS) is 32.6. The van der Waals surface area contributed by atoms with Crippen molar-refractivity contribution in [2.75, 3.05) is 13.2 Å². The van der Waals surface area contributed by atoms with E-state index in [1.165, 1.54) is 29.7 Å². The smallest absolute Gasteiger partial charge is 0.387 e. The van der Waals surface area contributed by atoms with Gasteiger partial charge >= 0.3 is 13.5 Å². The molecule has 39 heavy (non-hydrogen) atoms. The predicted molar refractivity (Wildman–Crippen MR) is 140 cm³/mol. The molecule has 0 saturated carbocycles. The third-order valence-electron chi connectivity index (χ3n) is 6.20. The van der Waals surface area contributed by atoms with Crippen LogP contribution in [0.3, 0.4) is 0 Å². The molecule has 2 unspecified atom stereocenters. The number of aryl methyl sites for hydroxylation is 1. The average Bonchev–Trinajstić information content (AvgIpc) is 3.56. The summed E-state index contributed by atoms with van der Waals surface area (Å²) in [5.41, 5.74) is 2.44. The topological polar surface area (TPSA) is 191 Å². The van der Waals surface area contributed by atoms with Crippen LogP contribution in [-0.2, 0) is 52.4 Å². The second kappa shape index (κ2) is 10.5. The summed E-state index contributed by atoms with van der Waals surface area (Å²) in [5.74, 6) is 0.319. The molecule has 0 radical (unpaired) electrons. The van der Waals surface area contributed by atoms with Crippen LogP contribution in [-0.4, -0.2) is 80.6 Å². The molecule has 2 aliphatic heterocycles. The van der Waals surface area contributed by atoms with E-state index in [1.54, 1.807) is 11.5 Å². The molecule has 6 rings (SSSR count). The van der Waals surface area contributed by atoms with E-state index in [0.717, 1.165) is 0 Å². The van der Waals surface area contributed by atoms with Crippen molar-refractivity contribution in [1.82, 2.24) is 39.0 Å². The van der Waals surface area contributed by atoms with Crippen LogP contribution >= 0.6 is 25.8 Å².